The Bertz CT molecular complexity index is 574. The minimum Gasteiger partial charge on any atom is -0.410 e. The molecule has 2 aromatic rings. The number of hydrogen-bond donors (Lipinski definition) is 1. The van der Waals surface area contributed by atoms with Crippen LogP contribution < -0.4 is 5.32 Å². The first-order valence-corrected chi connectivity index (χ1v) is 8.47. The lowest BCUT2D eigenvalue weighted by Crippen LogP contribution is -2.37. The van der Waals surface area contributed by atoms with Crippen LogP contribution in [0.4, 0.5) is 0 Å². The molecule has 5 heteroatoms. The Labute approximate surface area is 136 Å². The third-order valence-corrected chi connectivity index (χ3v) is 4.44. The Balaban J connectivity index is 1.63. The summed E-state index contributed by atoms with van der Waals surface area (Å²) >= 11 is 1.78. The molecule has 3 rings (SSSR count). The van der Waals surface area contributed by atoms with Gasteiger partial charge in [0.05, 0.1) is 0 Å². The minimum atomic E-state index is -0.140. The standard InChI is InChI=1S/C17H20BNO2S/c1-2-6-16(7-3-1)22-17-8-4-5-15(13-17)14-18-20-11-9-19-10-12-21-18/h1-8,13,19H,9-12,14H2. The quantitative estimate of drug-likeness (QED) is 0.879. The molecule has 22 heavy (non-hydrogen) atoms. The van der Waals surface area contributed by atoms with Crippen molar-refractivity contribution in [3.8, 4) is 0 Å². The fraction of sp³-hybridized carbons (Fsp3) is 0.294. The molecule has 1 aliphatic rings. The first-order chi connectivity index (χ1) is 10.9. The van der Waals surface area contributed by atoms with Gasteiger partial charge in [-0.1, -0.05) is 42.1 Å². The third-order valence-electron chi connectivity index (χ3n) is 3.44. The van der Waals surface area contributed by atoms with E-state index in [1.54, 1.807) is 11.8 Å². The Morgan fingerprint density at radius 2 is 1.64 bits per heavy atom. The van der Waals surface area contributed by atoms with Crippen molar-refractivity contribution in [2.45, 2.75) is 16.1 Å². The molecule has 1 N–H and O–H groups in total. The molecule has 3 nitrogen and oxygen atoms in total. The van der Waals surface area contributed by atoms with Crippen LogP contribution in [0.1, 0.15) is 5.56 Å². The van der Waals surface area contributed by atoms with E-state index in [-0.39, 0.29) is 7.12 Å². The lowest BCUT2D eigenvalue weighted by molar-refractivity contribution is 0.177. The topological polar surface area (TPSA) is 30.5 Å². The Hall–Kier alpha value is -1.27. The van der Waals surface area contributed by atoms with Crippen molar-refractivity contribution >= 4 is 18.9 Å². The average Bonchev–Trinajstić information content (AvgIpc) is 2.51. The normalized spacial score (nSPS) is 16.1. The molecule has 0 aliphatic carbocycles. The Morgan fingerprint density at radius 1 is 0.909 bits per heavy atom. The zero-order valence-corrected chi connectivity index (χ0v) is 13.4. The van der Waals surface area contributed by atoms with Crippen LogP contribution in [0.5, 0.6) is 0 Å². The summed E-state index contributed by atoms with van der Waals surface area (Å²) in [6.45, 7) is 3.18. The molecule has 1 saturated heterocycles. The summed E-state index contributed by atoms with van der Waals surface area (Å²) in [7, 11) is -0.140. The van der Waals surface area contributed by atoms with Crippen LogP contribution in [0.25, 0.3) is 0 Å². The smallest absolute Gasteiger partial charge is 0.410 e. The lowest BCUT2D eigenvalue weighted by Gasteiger charge is -2.18. The van der Waals surface area contributed by atoms with Gasteiger partial charge in [0.1, 0.15) is 0 Å². The monoisotopic (exact) mass is 313 g/mol. The highest BCUT2D eigenvalue weighted by Crippen LogP contribution is 2.28. The minimum absolute atomic E-state index is 0.140. The van der Waals surface area contributed by atoms with Gasteiger partial charge in [-0.15, -0.1) is 0 Å². The van der Waals surface area contributed by atoms with Crippen LogP contribution in [-0.4, -0.2) is 33.4 Å². The van der Waals surface area contributed by atoms with E-state index in [0.717, 1.165) is 19.4 Å². The second-order valence-corrected chi connectivity index (χ2v) is 6.33. The Kier molecular flexibility index (Phi) is 5.96. The van der Waals surface area contributed by atoms with Crippen molar-refractivity contribution in [1.82, 2.24) is 5.32 Å². The van der Waals surface area contributed by atoms with Gasteiger partial charge in [0, 0.05) is 42.4 Å². The van der Waals surface area contributed by atoms with Crippen molar-refractivity contribution in [2.24, 2.45) is 0 Å². The maximum atomic E-state index is 5.75. The number of rotatable bonds is 4. The fourth-order valence-corrected chi connectivity index (χ4v) is 3.29. The summed E-state index contributed by atoms with van der Waals surface area (Å²) in [5.74, 6) is 0. The molecule has 0 unspecified atom stereocenters. The van der Waals surface area contributed by atoms with Gasteiger partial charge in [0.25, 0.3) is 0 Å². The second-order valence-electron chi connectivity index (χ2n) is 5.19. The molecule has 0 bridgehead atoms. The van der Waals surface area contributed by atoms with Crippen LogP contribution in [0, 0.1) is 0 Å². The highest BCUT2D eigenvalue weighted by molar-refractivity contribution is 7.99. The predicted molar refractivity (Wildman–Crippen MR) is 91.2 cm³/mol. The number of benzene rings is 2. The molecule has 0 saturated carbocycles. The molecule has 114 valence electrons. The van der Waals surface area contributed by atoms with E-state index in [2.05, 4.69) is 53.8 Å². The van der Waals surface area contributed by atoms with Gasteiger partial charge in [-0.05, 0) is 29.8 Å². The van der Waals surface area contributed by atoms with Gasteiger partial charge in [-0.3, -0.25) is 0 Å². The predicted octanol–water partition coefficient (Wildman–Crippen LogP) is 3.04. The van der Waals surface area contributed by atoms with Crippen LogP contribution in [0.2, 0.25) is 0 Å². The van der Waals surface area contributed by atoms with Gasteiger partial charge in [0.2, 0.25) is 0 Å². The van der Waals surface area contributed by atoms with E-state index >= 15 is 0 Å². The summed E-state index contributed by atoms with van der Waals surface area (Å²) in [6.07, 6.45) is 0.795. The van der Waals surface area contributed by atoms with Crippen molar-refractivity contribution in [2.75, 3.05) is 26.3 Å². The second kappa shape index (κ2) is 8.39. The summed E-state index contributed by atoms with van der Waals surface area (Å²) in [4.78, 5) is 2.50. The van der Waals surface area contributed by atoms with E-state index in [0.29, 0.717) is 13.2 Å². The molecular formula is C17H20BNO2S. The number of hydrogen-bond acceptors (Lipinski definition) is 4. The zero-order valence-electron chi connectivity index (χ0n) is 12.5. The van der Waals surface area contributed by atoms with E-state index < -0.39 is 0 Å². The molecule has 0 atom stereocenters. The van der Waals surface area contributed by atoms with Crippen molar-refractivity contribution in [1.29, 1.82) is 0 Å². The largest absolute Gasteiger partial charge is 0.461 e. The lowest BCUT2D eigenvalue weighted by atomic mass is 9.80. The van der Waals surface area contributed by atoms with E-state index in [1.165, 1.54) is 15.4 Å². The van der Waals surface area contributed by atoms with Gasteiger partial charge < -0.3 is 14.6 Å². The van der Waals surface area contributed by atoms with Crippen molar-refractivity contribution in [3.05, 3.63) is 60.2 Å². The molecule has 2 aromatic carbocycles. The van der Waals surface area contributed by atoms with E-state index in [4.69, 9.17) is 9.31 Å². The third kappa shape index (κ3) is 4.88. The fourth-order valence-electron chi connectivity index (χ4n) is 2.37. The molecule has 0 aromatic heterocycles. The van der Waals surface area contributed by atoms with Crippen LogP contribution in [0.3, 0.4) is 0 Å². The van der Waals surface area contributed by atoms with Crippen molar-refractivity contribution < 1.29 is 9.31 Å². The molecule has 0 radical (unpaired) electrons. The molecule has 0 amide bonds. The van der Waals surface area contributed by atoms with Gasteiger partial charge in [-0.2, -0.15) is 0 Å². The zero-order chi connectivity index (χ0) is 15.0. The summed E-state index contributed by atoms with van der Waals surface area (Å²) in [6, 6.07) is 19.0. The van der Waals surface area contributed by atoms with Gasteiger partial charge in [-0.25, -0.2) is 0 Å². The van der Waals surface area contributed by atoms with Crippen molar-refractivity contribution in [3.63, 3.8) is 0 Å². The van der Waals surface area contributed by atoms with Crippen LogP contribution in [0.15, 0.2) is 64.4 Å². The molecule has 0 spiro atoms. The summed E-state index contributed by atoms with van der Waals surface area (Å²) in [5, 5.41) is 3.25. The average molecular weight is 313 g/mol. The molecule has 1 heterocycles. The first kappa shape index (κ1) is 15.6. The Morgan fingerprint density at radius 3 is 2.41 bits per heavy atom. The molecular weight excluding hydrogens is 293 g/mol. The first-order valence-electron chi connectivity index (χ1n) is 7.66. The highest BCUT2D eigenvalue weighted by atomic mass is 32.2. The van der Waals surface area contributed by atoms with E-state index in [1.807, 2.05) is 6.07 Å². The molecule has 1 fully saturated rings. The number of nitrogens with one attached hydrogen (secondary N) is 1. The summed E-state index contributed by atoms with van der Waals surface area (Å²) in [5.41, 5.74) is 1.25. The van der Waals surface area contributed by atoms with Gasteiger partial charge in [0.15, 0.2) is 0 Å². The van der Waals surface area contributed by atoms with Crippen LogP contribution in [-0.2, 0) is 15.6 Å². The van der Waals surface area contributed by atoms with Crippen LogP contribution >= 0.6 is 11.8 Å². The summed E-state index contributed by atoms with van der Waals surface area (Å²) < 4.78 is 11.5. The van der Waals surface area contributed by atoms with Gasteiger partial charge >= 0.3 is 7.12 Å². The maximum absolute atomic E-state index is 5.75. The highest BCUT2D eigenvalue weighted by Gasteiger charge is 2.20. The maximum Gasteiger partial charge on any atom is 0.461 e. The molecule has 1 aliphatic heterocycles. The van der Waals surface area contributed by atoms with E-state index in [9.17, 15) is 0 Å². The SMILES string of the molecule is c1ccc(Sc2cccc(CB3OCCNCCO3)c2)cc1.